The summed E-state index contributed by atoms with van der Waals surface area (Å²) in [5.41, 5.74) is 0.663. The van der Waals surface area contributed by atoms with Gasteiger partial charge in [0.2, 0.25) is 0 Å². The predicted octanol–water partition coefficient (Wildman–Crippen LogP) is 3.35. The largest absolute Gasteiger partial charge is 0.478 e. The van der Waals surface area contributed by atoms with Crippen LogP contribution in [0.15, 0.2) is 51.7 Å². The van der Waals surface area contributed by atoms with Crippen molar-refractivity contribution in [1.29, 1.82) is 0 Å². The van der Waals surface area contributed by atoms with Crippen LogP contribution in [0.5, 0.6) is 11.5 Å². The predicted molar refractivity (Wildman–Crippen MR) is 73.8 cm³/mol. The molecular weight excluding hydrogens is 280 g/mol. The van der Waals surface area contributed by atoms with Crippen molar-refractivity contribution in [1.82, 2.24) is 0 Å². The highest BCUT2D eigenvalue weighted by atomic mass is 32.1. The van der Waals surface area contributed by atoms with Crippen LogP contribution >= 0.6 is 11.3 Å². The van der Waals surface area contributed by atoms with Gasteiger partial charge in [0.05, 0.1) is 10.3 Å². The average molecular weight is 288 g/mol. The van der Waals surface area contributed by atoms with Crippen molar-refractivity contribution in [3.63, 3.8) is 0 Å². The van der Waals surface area contributed by atoms with E-state index < -0.39 is 5.97 Å². The van der Waals surface area contributed by atoms with Gasteiger partial charge in [-0.2, -0.15) is 0 Å². The molecule has 0 fully saturated rings. The molecule has 1 N–H and O–H groups in total. The van der Waals surface area contributed by atoms with E-state index in [0.717, 1.165) is 16.0 Å². The van der Waals surface area contributed by atoms with E-state index in [9.17, 15) is 9.59 Å². The number of fused-ring (bicyclic) bond motifs is 1. The second-order valence-corrected chi connectivity index (χ2v) is 4.97. The van der Waals surface area contributed by atoms with Crippen LogP contribution in [0, 0.1) is 0 Å². The minimum atomic E-state index is -0.988. The molecule has 0 aliphatic rings. The fraction of sp³-hybridized carbons (Fsp3) is 0. The van der Waals surface area contributed by atoms with Crippen molar-refractivity contribution < 1.29 is 19.1 Å². The van der Waals surface area contributed by atoms with Crippen LogP contribution in [0.4, 0.5) is 0 Å². The highest BCUT2D eigenvalue weighted by Gasteiger charge is 2.06. The summed E-state index contributed by atoms with van der Waals surface area (Å²) in [5, 5.41) is 8.80. The van der Waals surface area contributed by atoms with Crippen molar-refractivity contribution in [2.24, 2.45) is 0 Å². The highest BCUT2D eigenvalue weighted by molar-refractivity contribution is 7.16. The Hall–Kier alpha value is -2.60. The first-order valence-corrected chi connectivity index (χ1v) is 6.48. The zero-order valence-corrected chi connectivity index (χ0v) is 10.8. The van der Waals surface area contributed by atoms with Gasteiger partial charge >= 0.3 is 10.9 Å². The number of carbonyl (C=O) groups is 1. The van der Waals surface area contributed by atoms with Crippen molar-refractivity contribution in [2.75, 3.05) is 0 Å². The van der Waals surface area contributed by atoms with Gasteiger partial charge in [0.15, 0.2) is 5.58 Å². The Kier molecular flexibility index (Phi) is 3.00. The van der Waals surface area contributed by atoms with E-state index in [4.69, 9.17) is 14.3 Å². The lowest BCUT2D eigenvalue weighted by Gasteiger charge is -2.05. The van der Waals surface area contributed by atoms with Crippen molar-refractivity contribution in [3.05, 3.63) is 57.8 Å². The Morgan fingerprint density at radius 2 is 1.80 bits per heavy atom. The number of rotatable bonds is 3. The second-order valence-electron chi connectivity index (χ2n) is 3.99. The summed E-state index contributed by atoms with van der Waals surface area (Å²) in [5.74, 6) is 0.0343. The smallest absolute Gasteiger partial charge is 0.396 e. The summed E-state index contributed by atoms with van der Waals surface area (Å²) in [7, 11) is 0. The van der Waals surface area contributed by atoms with Gasteiger partial charge in [-0.05, 0) is 36.4 Å². The molecule has 0 radical (unpaired) electrons. The first-order valence-electron chi connectivity index (χ1n) is 5.67. The Morgan fingerprint density at radius 3 is 2.50 bits per heavy atom. The van der Waals surface area contributed by atoms with Crippen LogP contribution in [-0.4, -0.2) is 11.1 Å². The van der Waals surface area contributed by atoms with Crippen molar-refractivity contribution in [2.45, 2.75) is 0 Å². The van der Waals surface area contributed by atoms with Crippen LogP contribution in [0.3, 0.4) is 0 Å². The van der Waals surface area contributed by atoms with Crippen LogP contribution in [0.25, 0.3) is 10.3 Å². The van der Waals surface area contributed by atoms with Gasteiger partial charge < -0.3 is 14.3 Å². The van der Waals surface area contributed by atoms with Gasteiger partial charge in [-0.1, -0.05) is 11.3 Å². The maximum absolute atomic E-state index is 11.1. The maximum atomic E-state index is 11.1. The fourth-order valence-electron chi connectivity index (χ4n) is 1.72. The summed E-state index contributed by atoms with van der Waals surface area (Å²) in [6, 6.07) is 11.1. The standard InChI is InChI=1S/C14H8O5S/c15-13(16)8-1-3-9(4-2-8)18-10-5-6-12-11(7-10)19-14(17)20-12/h1-7H,(H,15,16). The number of hydrogen-bond acceptors (Lipinski definition) is 5. The zero-order valence-electron chi connectivity index (χ0n) is 10.0. The molecule has 0 saturated heterocycles. The minimum absolute atomic E-state index is 0.191. The average Bonchev–Trinajstić information content (AvgIpc) is 2.78. The lowest BCUT2D eigenvalue weighted by atomic mass is 10.2. The lowest BCUT2D eigenvalue weighted by Crippen LogP contribution is -1.95. The van der Waals surface area contributed by atoms with E-state index in [1.165, 1.54) is 12.1 Å². The molecule has 0 unspecified atom stereocenters. The first kappa shape index (κ1) is 12.4. The zero-order chi connectivity index (χ0) is 14.1. The third-order valence-corrected chi connectivity index (χ3v) is 3.45. The molecule has 5 nitrogen and oxygen atoms in total. The number of carboxylic acid groups (broad SMARTS) is 1. The Bertz CT molecular complexity index is 829. The molecule has 1 heterocycles. The van der Waals surface area contributed by atoms with Gasteiger partial charge in [-0.3, -0.25) is 0 Å². The molecule has 6 heteroatoms. The van der Waals surface area contributed by atoms with E-state index in [2.05, 4.69) is 0 Å². The van der Waals surface area contributed by atoms with E-state index in [0.29, 0.717) is 17.1 Å². The topological polar surface area (TPSA) is 76.7 Å². The van der Waals surface area contributed by atoms with Crippen LogP contribution in [0.1, 0.15) is 10.4 Å². The molecule has 0 amide bonds. The van der Waals surface area contributed by atoms with Gasteiger partial charge in [0.1, 0.15) is 11.5 Å². The second kappa shape index (κ2) is 4.82. The maximum Gasteiger partial charge on any atom is 0.396 e. The van der Waals surface area contributed by atoms with E-state index in [1.54, 1.807) is 30.3 Å². The molecule has 0 aliphatic heterocycles. The molecule has 0 saturated carbocycles. The van der Waals surface area contributed by atoms with Crippen molar-refractivity contribution in [3.8, 4) is 11.5 Å². The molecule has 20 heavy (non-hydrogen) atoms. The molecule has 0 spiro atoms. The van der Waals surface area contributed by atoms with E-state index >= 15 is 0 Å². The third-order valence-electron chi connectivity index (χ3n) is 2.64. The minimum Gasteiger partial charge on any atom is -0.478 e. The molecule has 0 aliphatic carbocycles. The summed E-state index contributed by atoms with van der Waals surface area (Å²) < 4.78 is 11.3. The lowest BCUT2D eigenvalue weighted by molar-refractivity contribution is 0.0697. The summed E-state index contributed by atoms with van der Waals surface area (Å²) >= 11 is 1.03. The summed E-state index contributed by atoms with van der Waals surface area (Å²) in [4.78, 5) is 21.5. The third kappa shape index (κ3) is 2.41. The Balaban J connectivity index is 1.88. The molecule has 0 bridgehead atoms. The van der Waals surface area contributed by atoms with Crippen LogP contribution < -0.4 is 9.68 Å². The number of benzene rings is 2. The number of aromatic carboxylic acids is 1. The monoisotopic (exact) mass is 288 g/mol. The molecule has 3 rings (SSSR count). The number of hydrogen-bond donors (Lipinski definition) is 1. The van der Waals surface area contributed by atoms with Gasteiger partial charge in [0.25, 0.3) is 0 Å². The molecule has 1 aromatic heterocycles. The Morgan fingerprint density at radius 1 is 1.10 bits per heavy atom. The highest BCUT2D eigenvalue weighted by Crippen LogP contribution is 2.26. The van der Waals surface area contributed by atoms with Crippen LogP contribution in [-0.2, 0) is 0 Å². The molecule has 0 atom stereocenters. The van der Waals surface area contributed by atoms with Gasteiger partial charge in [0, 0.05) is 6.07 Å². The molecule has 100 valence electrons. The fourth-order valence-corrected chi connectivity index (χ4v) is 2.37. The molecular formula is C14H8O5S. The Labute approximate surface area is 116 Å². The number of ether oxygens (including phenoxy) is 1. The van der Waals surface area contributed by atoms with Crippen molar-refractivity contribution >= 4 is 27.6 Å². The van der Waals surface area contributed by atoms with Gasteiger partial charge in [-0.25, -0.2) is 9.59 Å². The van der Waals surface area contributed by atoms with E-state index in [1.807, 2.05) is 0 Å². The summed E-state index contributed by atoms with van der Waals surface area (Å²) in [6.07, 6.45) is 0. The normalized spacial score (nSPS) is 10.6. The quantitative estimate of drug-likeness (QED) is 0.799. The summed E-state index contributed by atoms with van der Waals surface area (Å²) in [6.45, 7) is 0. The molecule has 2 aromatic carbocycles. The van der Waals surface area contributed by atoms with Gasteiger partial charge in [-0.15, -0.1) is 0 Å². The molecule has 3 aromatic rings. The van der Waals surface area contributed by atoms with E-state index in [-0.39, 0.29) is 10.5 Å². The first-order chi connectivity index (χ1) is 9.61. The van der Waals surface area contributed by atoms with Crippen LogP contribution in [0.2, 0.25) is 0 Å². The number of carboxylic acids is 1. The SMILES string of the molecule is O=C(O)c1ccc(Oc2ccc3sc(=O)oc3c2)cc1.